The van der Waals surface area contributed by atoms with Crippen LogP contribution in [0.3, 0.4) is 0 Å². The van der Waals surface area contributed by atoms with Crippen molar-refractivity contribution in [3.05, 3.63) is 45.7 Å². The summed E-state index contributed by atoms with van der Waals surface area (Å²) in [6, 6.07) is 4.15. The van der Waals surface area contributed by atoms with E-state index >= 15 is 0 Å². The second kappa shape index (κ2) is 13.4. The molecule has 0 saturated carbocycles. The molecule has 0 aliphatic carbocycles. The number of benzene rings is 1. The van der Waals surface area contributed by atoms with Gasteiger partial charge in [-0.2, -0.15) is 4.98 Å². The molecule has 0 aliphatic rings. The summed E-state index contributed by atoms with van der Waals surface area (Å²) in [5.41, 5.74) is 11.3. The maximum Gasteiger partial charge on any atom is 0.326 e. The van der Waals surface area contributed by atoms with Crippen molar-refractivity contribution in [2.24, 2.45) is 0 Å². The number of esters is 1. The summed E-state index contributed by atoms with van der Waals surface area (Å²) in [6.07, 6.45) is -0.334. The van der Waals surface area contributed by atoms with E-state index in [1.54, 1.807) is 0 Å². The van der Waals surface area contributed by atoms with Crippen LogP contribution >= 0.6 is 0 Å². The van der Waals surface area contributed by atoms with Crippen LogP contribution in [0, 0.1) is 0 Å². The molecule has 0 unspecified atom stereocenters. The third kappa shape index (κ3) is 8.61. The third-order valence-electron chi connectivity index (χ3n) is 5.27. The highest BCUT2D eigenvalue weighted by Gasteiger charge is 2.23. The van der Waals surface area contributed by atoms with Gasteiger partial charge in [0.1, 0.15) is 11.9 Å². The average molecular weight is 533 g/mol. The van der Waals surface area contributed by atoms with Gasteiger partial charge in [0.25, 0.3) is 17.4 Å². The number of carboxylic acids is 2. The monoisotopic (exact) mass is 532 g/mol. The number of hydrogen-bond donors (Lipinski definition) is 6. The smallest absolute Gasteiger partial charge is 0.326 e. The second-order valence-electron chi connectivity index (χ2n) is 8.09. The lowest BCUT2D eigenvalue weighted by Gasteiger charge is -2.23. The molecule has 2 amide bonds. The Morgan fingerprint density at radius 3 is 2.34 bits per heavy atom. The van der Waals surface area contributed by atoms with Gasteiger partial charge in [0, 0.05) is 31.1 Å². The minimum absolute atomic E-state index is 0.0394. The number of H-pyrrole nitrogens is 1. The molecule has 0 spiro atoms. The number of aliphatic carboxylic acids is 2. The highest BCUT2D eigenvalue weighted by Crippen LogP contribution is 2.18. The van der Waals surface area contributed by atoms with Gasteiger partial charge >= 0.3 is 17.9 Å². The summed E-state index contributed by atoms with van der Waals surface area (Å²) in [7, 11) is 0. The van der Waals surface area contributed by atoms with E-state index in [-0.39, 0.29) is 48.7 Å². The molecule has 204 valence electrons. The Morgan fingerprint density at radius 1 is 1.13 bits per heavy atom. The van der Waals surface area contributed by atoms with Gasteiger partial charge in [-0.05, 0) is 43.5 Å². The van der Waals surface area contributed by atoms with E-state index in [1.807, 2.05) is 0 Å². The Balaban J connectivity index is 2.17. The van der Waals surface area contributed by atoms with Crippen LogP contribution < -0.4 is 27.2 Å². The Hall–Kier alpha value is -4.95. The van der Waals surface area contributed by atoms with E-state index in [0.29, 0.717) is 5.69 Å². The number of carbonyl (C=O) groups excluding carboxylic acids is 3. The molecule has 2 aromatic rings. The molecule has 0 aliphatic heterocycles. The van der Waals surface area contributed by atoms with Gasteiger partial charge in [-0.15, -0.1) is 0 Å². The second-order valence-corrected chi connectivity index (χ2v) is 8.09. The molecular weight excluding hydrogens is 504 g/mol. The van der Waals surface area contributed by atoms with Gasteiger partial charge < -0.3 is 36.6 Å². The van der Waals surface area contributed by atoms with Crippen LogP contribution in [0.5, 0.6) is 0 Å². The molecule has 15 heteroatoms. The third-order valence-corrected chi connectivity index (χ3v) is 5.27. The van der Waals surface area contributed by atoms with Gasteiger partial charge in [-0.1, -0.05) is 0 Å². The topological polar surface area (TPSA) is 248 Å². The molecule has 0 fully saturated rings. The van der Waals surface area contributed by atoms with E-state index in [4.69, 9.17) is 21.3 Å². The van der Waals surface area contributed by atoms with Crippen LogP contribution in [0.25, 0.3) is 0 Å². The summed E-state index contributed by atoms with van der Waals surface area (Å²) < 4.78 is 4.80. The number of nitrogens with zero attached hydrogens (tertiary/aromatic N) is 2. The molecule has 0 bridgehead atoms. The summed E-state index contributed by atoms with van der Waals surface area (Å²) in [4.78, 5) is 78.1. The zero-order valence-electron chi connectivity index (χ0n) is 20.4. The molecular formula is C23H28N6O9. The minimum Gasteiger partial charge on any atom is -0.481 e. The lowest BCUT2D eigenvalue weighted by molar-refractivity contribution is -0.145. The van der Waals surface area contributed by atoms with E-state index in [2.05, 4.69) is 15.3 Å². The van der Waals surface area contributed by atoms with Crippen LogP contribution in [-0.4, -0.2) is 69.1 Å². The molecule has 1 aromatic carbocycles. The van der Waals surface area contributed by atoms with Crippen molar-refractivity contribution in [2.75, 3.05) is 29.5 Å². The fraction of sp³-hybridized carbons (Fsp3) is 0.348. The fourth-order valence-corrected chi connectivity index (χ4v) is 3.39. The van der Waals surface area contributed by atoms with Crippen molar-refractivity contribution in [1.29, 1.82) is 0 Å². The predicted molar refractivity (Wildman–Crippen MR) is 133 cm³/mol. The largest absolute Gasteiger partial charge is 0.481 e. The van der Waals surface area contributed by atoms with E-state index in [9.17, 15) is 33.9 Å². The van der Waals surface area contributed by atoms with Crippen LogP contribution in [0.2, 0.25) is 0 Å². The molecule has 15 nitrogen and oxygen atoms in total. The number of aromatic amines is 1. The highest BCUT2D eigenvalue weighted by atomic mass is 16.5. The summed E-state index contributed by atoms with van der Waals surface area (Å²) in [5.74, 6) is -4.74. The Morgan fingerprint density at radius 2 is 1.79 bits per heavy atom. The lowest BCUT2D eigenvalue weighted by Crippen LogP contribution is -2.41. The van der Waals surface area contributed by atoms with Crippen molar-refractivity contribution in [3.63, 3.8) is 0 Å². The fourth-order valence-electron chi connectivity index (χ4n) is 3.39. The van der Waals surface area contributed by atoms with Gasteiger partial charge in [-0.3, -0.25) is 29.0 Å². The van der Waals surface area contributed by atoms with Crippen LogP contribution in [0.4, 0.5) is 17.5 Å². The van der Waals surface area contributed by atoms with Crippen molar-refractivity contribution in [3.8, 4) is 0 Å². The number of aromatic nitrogens is 2. The predicted octanol–water partition coefficient (Wildman–Crippen LogP) is -0.489. The minimum atomic E-state index is -1.40. The molecule has 1 atom stereocenters. The quantitative estimate of drug-likeness (QED) is 0.179. The molecule has 8 N–H and O–H groups in total. The number of hydrogen-bond acceptors (Lipinski definition) is 10. The van der Waals surface area contributed by atoms with E-state index in [0.717, 1.165) is 6.92 Å². The van der Waals surface area contributed by atoms with Gasteiger partial charge in [0.15, 0.2) is 6.61 Å². The summed E-state index contributed by atoms with van der Waals surface area (Å²) in [5, 5.41) is 20.3. The maximum absolute atomic E-state index is 12.8. The number of amides is 2. The first kappa shape index (κ1) is 29.3. The van der Waals surface area contributed by atoms with Crippen LogP contribution in [-0.2, 0) is 30.3 Å². The number of anilines is 3. The Bertz CT molecular complexity index is 1260. The molecule has 1 aromatic heterocycles. The van der Waals surface area contributed by atoms with Gasteiger partial charge in [0.05, 0.1) is 5.56 Å². The number of ether oxygens (including phenoxy) is 1. The number of rotatable bonds is 13. The first-order valence-corrected chi connectivity index (χ1v) is 11.3. The van der Waals surface area contributed by atoms with Crippen LogP contribution in [0.1, 0.15) is 42.1 Å². The number of nitrogens with one attached hydrogen (secondary N) is 2. The maximum atomic E-state index is 12.8. The summed E-state index contributed by atoms with van der Waals surface area (Å²) >= 11 is 0. The van der Waals surface area contributed by atoms with Crippen LogP contribution in [0.15, 0.2) is 29.1 Å². The van der Waals surface area contributed by atoms with Gasteiger partial charge in [0.2, 0.25) is 5.95 Å². The lowest BCUT2D eigenvalue weighted by atomic mass is 10.1. The zero-order chi connectivity index (χ0) is 28.4. The molecule has 0 saturated heterocycles. The number of carboxylic acid groups (broad SMARTS) is 2. The number of nitrogens with two attached hydrogens (primary N) is 2. The molecule has 2 rings (SSSR count). The summed E-state index contributed by atoms with van der Waals surface area (Å²) in [6.45, 7) is 0.674. The first-order chi connectivity index (χ1) is 17.9. The molecule has 1 heterocycles. The van der Waals surface area contributed by atoms with E-state index < -0.39 is 54.4 Å². The van der Waals surface area contributed by atoms with Crippen molar-refractivity contribution < 1.29 is 38.9 Å². The normalized spacial score (nSPS) is 11.3. The van der Waals surface area contributed by atoms with Crippen molar-refractivity contribution >= 4 is 47.2 Å². The Labute approximate surface area is 215 Å². The van der Waals surface area contributed by atoms with Crippen molar-refractivity contribution in [2.45, 2.75) is 38.6 Å². The Kier molecular flexibility index (Phi) is 10.3. The van der Waals surface area contributed by atoms with E-state index in [1.165, 1.54) is 29.2 Å². The first-order valence-electron chi connectivity index (χ1n) is 11.3. The SMILES string of the molecule is CC(=O)OCC(=O)N(CCCc1c(N)nc(N)[nH]c1=O)c1ccc(C(=O)N[C@@H](CCC(=O)O)C(=O)O)cc1. The van der Waals surface area contributed by atoms with Crippen molar-refractivity contribution in [1.82, 2.24) is 15.3 Å². The standard InChI is InChI=1S/C23H28N6O9/c1-12(30)38-11-17(31)29(10-2-3-15-19(24)27-23(25)28-21(15)35)14-6-4-13(5-7-14)20(34)26-16(22(36)37)8-9-18(32)33/h4-7,16H,2-3,8-11H2,1H3,(H,26,34)(H,32,33)(H,36,37)(H5,24,25,27,28,35)/t16-/m0/s1. The van der Waals surface area contributed by atoms with Gasteiger partial charge in [-0.25, -0.2) is 4.79 Å². The highest BCUT2D eigenvalue weighted by molar-refractivity contribution is 5.98. The molecule has 0 radical (unpaired) electrons. The number of carbonyl (C=O) groups is 5. The average Bonchev–Trinajstić information content (AvgIpc) is 2.83. The number of nitrogen functional groups attached to an aromatic ring is 2. The molecule has 38 heavy (non-hydrogen) atoms. The zero-order valence-corrected chi connectivity index (χ0v) is 20.4.